The van der Waals surface area contributed by atoms with Gasteiger partial charge >= 0.3 is 0 Å². The summed E-state index contributed by atoms with van der Waals surface area (Å²) in [5, 5.41) is 13.9. The van der Waals surface area contributed by atoms with E-state index in [1.165, 1.54) is 16.7 Å². The summed E-state index contributed by atoms with van der Waals surface area (Å²) in [5.74, 6) is 0. The van der Waals surface area contributed by atoms with Gasteiger partial charge in [-0.25, -0.2) is 0 Å². The minimum atomic E-state index is -0.526. The van der Waals surface area contributed by atoms with Gasteiger partial charge in [0.25, 0.3) is 0 Å². The van der Waals surface area contributed by atoms with Gasteiger partial charge in [-0.05, 0) is 29.2 Å². The summed E-state index contributed by atoms with van der Waals surface area (Å²) in [5.41, 5.74) is 4.51. The van der Waals surface area contributed by atoms with Crippen LogP contribution >= 0.6 is 0 Å². The Morgan fingerprint density at radius 2 is 1.27 bits per heavy atom. The van der Waals surface area contributed by atoms with Crippen LogP contribution in [0.3, 0.4) is 0 Å². The van der Waals surface area contributed by atoms with Crippen LogP contribution in [0.25, 0.3) is 5.57 Å². The number of aliphatic hydroxyl groups excluding tert-OH is 1. The Labute approximate surface area is 155 Å². The molecule has 2 heteroatoms. The Morgan fingerprint density at radius 1 is 0.808 bits per heavy atom. The van der Waals surface area contributed by atoms with Crippen LogP contribution in [0.2, 0.25) is 0 Å². The van der Waals surface area contributed by atoms with Gasteiger partial charge in [0.2, 0.25) is 0 Å². The van der Waals surface area contributed by atoms with E-state index < -0.39 is 6.10 Å². The van der Waals surface area contributed by atoms with Crippen LogP contribution in [0.5, 0.6) is 0 Å². The van der Waals surface area contributed by atoms with Gasteiger partial charge in [0.1, 0.15) is 0 Å². The van der Waals surface area contributed by atoms with E-state index in [0.29, 0.717) is 6.54 Å². The van der Waals surface area contributed by atoms with Crippen molar-refractivity contribution >= 4 is 5.57 Å². The first-order valence-electron chi connectivity index (χ1n) is 9.03. The number of rotatable bonds is 7. The van der Waals surface area contributed by atoms with Crippen molar-refractivity contribution in [2.45, 2.75) is 19.1 Å². The fourth-order valence-corrected chi connectivity index (χ4v) is 3.04. The molecule has 132 valence electrons. The van der Waals surface area contributed by atoms with E-state index in [-0.39, 0.29) is 6.04 Å². The molecule has 2 nitrogen and oxygen atoms in total. The zero-order valence-corrected chi connectivity index (χ0v) is 15.0. The fraction of sp³-hybridized carbons (Fsp3) is 0.167. The SMILES string of the molecule is CC(NCC=C(c1ccccc1)c1ccccc1)C(O)c1ccccc1. The molecule has 0 bridgehead atoms. The van der Waals surface area contributed by atoms with Crippen molar-refractivity contribution in [3.8, 4) is 0 Å². The molecule has 0 aliphatic rings. The maximum Gasteiger partial charge on any atom is 0.0940 e. The minimum absolute atomic E-state index is 0.0403. The third-order valence-corrected chi connectivity index (χ3v) is 4.53. The molecular formula is C24H25NO. The quantitative estimate of drug-likeness (QED) is 0.644. The average molecular weight is 343 g/mol. The molecule has 2 atom stereocenters. The molecule has 0 radical (unpaired) electrons. The molecular weight excluding hydrogens is 318 g/mol. The molecule has 0 aliphatic carbocycles. The second-order valence-corrected chi connectivity index (χ2v) is 6.40. The lowest BCUT2D eigenvalue weighted by atomic mass is 9.97. The molecule has 3 aromatic carbocycles. The molecule has 0 fully saturated rings. The number of nitrogens with one attached hydrogen (secondary N) is 1. The predicted octanol–water partition coefficient (Wildman–Crippen LogP) is 4.83. The standard InChI is InChI=1S/C24H25NO/c1-19(24(26)22-15-9-4-10-16-22)25-18-17-23(20-11-5-2-6-12-20)21-13-7-3-8-14-21/h2-17,19,24-26H,18H2,1H3. The monoisotopic (exact) mass is 343 g/mol. The fourth-order valence-electron chi connectivity index (χ4n) is 3.04. The summed E-state index contributed by atoms with van der Waals surface area (Å²) >= 11 is 0. The molecule has 0 saturated carbocycles. The number of aliphatic hydroxyl groups is 1. The van der Waals surface area contributed by atoms with Crippen LogP contribution in [0.4, 0.5) is 0 Å². The van der Waals surface area contributed by atoms with Crippen molar-refractivity contribution in [3.05, 3.63) is 114 Å². The van der Waals surface area contributed by atoms with E-state index in [9.17, 15) is 5.11 Å². The summed E-state index contributed by atoms with van der Waals surface area (Å²) in [6.45, 7) is 2.69. The van der Waals surface area contributed by atoms with Gasteiger partial charge in [0, 0.05) is 12.6 Å². The zero-order valence-electron chi connectivity index (χ0n) is 15.0. The van der Waals surface area contributed by atoms with Crippen molar-refractivity contribution < 1.29 is 5.11 Å². The van der Waals surface area contributed by atoms with Gasteiger partial charge in [0.15, 0.2) is 0 Å². The Bertz CT molecular complexity index is 771. The molecule has 2 N–H and O–H groups in total. The summed E-state index contributed by atoms with van der Waals surface area (Å²) in [6.07, 6.45) is 1.67. The lowest BCUT2D eigenvalue weighted by Gasteiger charge is -2.20. The van der Waals surface area contributed by atoms with Crippen molar-refractivity contribution in [1.29, 1.82) is 0 Å². The Morgan fingerprint density at radius 3 is 1.77 bits per heavy atom. The van der Waals surface area contributed by atoms with Gasteiger partial charge in [-0.2, -0.15) is 0 Å². The van der Waals surface area contributed by atoms with Gasteiger partial charge in [-0.15, -0.1) is 0 Å². The first kappa shape index (κ1) is 18.1. The highest BCUT2D eigenvalue weighted by molar-refractivity contribution is 5.79. The van der Waals surface area contributed by atoms with E-state index in [4.69, 9.17) is 0 Å². The van der Waals surface area contributed by atoms with Gasteiger partial charge in [-0.3, -0.25) is 0 Å². The van der Waals surface area contributed by atoms with Gasteiger partial charge in [-0.1, -0.05) is 97.1 Å². The lowest BCUT2D eigenvalue weighted by Crippen LogP contribution is -2.32. The molecule has 26 heavy (non-hydrogen) atoms. The number of benzene rings is 3. The predicted molar refractivity (Wildman–Crippen MR) is 109 cm³/mol. The second kappa shape index (κ2) is 9.14. The largest absolute Gasteiger partial charge is 0.387 e. The van der Waals surface area contributed by atoms with Crippen LogP contribution in [0, 0.1) is 0 Å². The van der Waals surface area contributed by atoms with E-state index in [2.05, 4.69) is 59.9 Å². The molecule has 3 aromatic rings. The van der Waals surface area contributed by atoms with Crippen LogP contribution in [-0.2, 0) is 0 Å². The maximum absolute atomic E-state index is 10.5. The van der Waals surface area contributed by atoms with E-state index in [0.717, 1.165) is 5.56 Å². The van der Waals surface area contributed by atoms with Crippen LogP contribution in [0.15, 0.2) is 97.1 Å². The molecule has 0 heterocycles. The van der Waals surface area contributed by atoms with E-state index in [1.54, 1.807) is 0 Å². The van der Waals surface area contributed by atoms with E-state index in [1.807, 2.05) is 49.4 Å². The topological polar surface area (TPSA) is 32.3 Å². The third kappa shape index (κ3) is 4.69. The summed E-state index contributed by atoms with van der Waals surface area (Å²) in [7, 11) is 0. The van der Waals surface area contributed by atoms with Gasteiger partial charge < -0.3 is 10.4 Å². The molecule has 0 aromatic heterocycles. The average Bonchev–Trinajstić information content (AvgIpc) is 2.72. The highest BCUT2D eigenvalue weighted by Crippen LogP contribution is 2.23. The summed E-state index contributed by atoms with van der Waals surface area (Å²) in [4.78, 5) is 0. The highest BCUT2D eigenvalue weighted by Gasteiger charge is 2.15. The van der Waals surface area contributed by atoms with Crippen molar-refractivity contribution in [2.24, 2.45) is 0 Å². The molecule has 0 saturated heterocycles. The second-order valence-electron chi connectivity index (χ2n) is 6.40. The van der Waals surface area contributed by atoms with Crippen LogP contribution in [0.1, 0.15) is 29.7 Å². The van der Waals surface area contributed by atoms with Crippen molar-refractivity contribution in [1.82, 2.24) is 5.32 Å². The van der Waals surface area contributed by atoms with Crippen LogP contribution < -0.4 is 5.32 Å². The Kier molecular flexibility index (Phi) is 6.37. The Balaban J connectivity index is 1.73. The normalized spacial score (nSPS) is 13.0. The first-order chi connectivity index (χ1) is 12.8. The number of hydrogen-bond acceptors (Lipinski definition) is 2. The zero-order chi connectivity index (χ0) is 18.2. The van der Waals surface area contributed by atoms with Crippen molar-refractivity contribution in [2.75, 3.05) is 6.54 Å². The van der Waals surface area contributed by atoms with E-state index >= 15 is 0 Å². The third-order valence-electron chi connectivity index (χ3n) is 4.53. The maximum atomic E-state index is 10.5. The molecule has 3 rings (SSSR count). The van der Waals surface area contributed by atoms with Crippen molar-refractivity contribution in [3.63, 3.8) is 0 Å². The highest BCUT2D eigenvalue weighted by atomic mass is 16.3. The van der Waals surface area contributed by atoms with Crippen LogP contribution in [-0.4, -0.2) is 17.7 Å². The minimum Gasteiger partial charge on any atom is -0.387 e. The summed E-state index contributed by atoms with van der Waals surface area (Å²) in [6, 6.07) is 30.5. The summed E-state index contributed by atoms with van der Waals surface area (Å²) < 4.78 is 0. The molecule has 0 amide bonds. The molecule has 0 spiro atoms. The smallest absolute Gasteiger partial charge is 0.0940 e. The first-order valence-corrected chi connectivity index (χ1v) is 9.03. The molecule has 2 unspecified atom stereocenters. The van der Waals surface area contributed by atoms with Gasteiger partial charge in [0.05, 0.1) is 6.10 Å². The lowest BCUT2D eigenvalue weighted by molar-refractivity contribution is 0.138. The molecule has 0 aliphatic heterocycles. The Hall–Kier alpha value is -2.68. The number of hydrogen-bond donors (Lipinski definition) is 2.